The number of unbranched alkanes of at least 4 members (excludes halogenated alkanes) is 18. The zero-order valence-corrected chi connectivity index (χ0v) is 19.2. The van der Waals surface area contributed by atoms with Crippen molar-refractivity contribution in [1.29, 1.82) is 0 Å². The van der Waals surface area contributed by atoms with E-state index in [1.807, 2.05) is 0 Å². The summed E-state index contributed by atoms with van der Waals surface area (Å²) >= 11 is 0. The quantitative estimate of drug-likeness (QED) is 0.162. The minimum Gasteiger partial charge on any atom is -0.481 e. The molecule has 0 aliphatic carbocycles. The summed E-state index contributed by atoms with van der Waals surface area (Å²) in [5, 5.41) is 8.56. The maximum Gasteiger partial charge on any atom is 0.303 e. The van der Waals surface area contributed by atoms with Crippen LogP contribution in [-0.2, 0) is 24.9 Å². The minimum atomic E-state index is -0.651. The Balaban J connectivity index is 0. The molecule has 0 atom stereocenters. The third kappa shape index (κ3) is 26.5. The third-order valence-electron chi connectivity index (χ3n) is 4.99. The molecule has 0 bridgehead atoms. The number of carbonyl (C=O) groups is 1. The Labute approximate surface area is 171 Å². The molecule has 1 radical (unpaired) electrons. The Morgan fingerprint density at radius 2 is 0.760 bits per heavy atom. The predicted octanol–water partition coefficient (Wildman–Crippen LogP) is 7.89. The summed E-state index contributed by atoms with van der Waals surface area (Å²) in [4.78, 5) is 10.4. The summed E-state index contributed by atoms with van der Waals surface area (Å²) in [5.41, 5.74) is 0. The van der Waals surface area contributed by atoms with Crippen molar-refractivity contribution in [1.82, 2.24) is 0 Å². The molecule has 0 rings (SSSR count). The zero-order valence-electron chi connectivity index (χ0n) is 16.8. The Morgan fingerprint density at radius 1 is 0.520 bits per heavy atom. The normalized spacial score (nSPS) is 10.6. The van der Waals surface area contributed by atoms with Gasteiger partial charge >= 0.3 is 5.97 Å². The van der Waals surface area contributed by atoms with Gasteiger partial charge in [0.1, 0.15) is 0 Å². The molecule has 25 heavy (non-hydrogen) atoms. The summed E-state index contributed by atoms with van der Waals surface area (Å²) < 4.78 is 0. The van der Waals surface area contributed by atoms with E-state index in [0.29, 0.717) is 6.42 Å². The molecular formula is C22H44IrO2. The summed E-state index contributed by atoms with van der Waals surface area (Å²) in [7, 11) is 0. The first-order chi connectivity index (χ1) is 11.8. The van der Waals surface area contributed by atoms with Crippen LogP contribution in [-0.4, -0.2) is 11.1 Å². The number of rotatable bonds is 20. The molecule has 0 unspecified atom stereocenters. The maximum atomic E-state index is 10.4. The molecule has 0 spiro atoms. The van der Waals surface area contributed by atoms with Crippen LogP contribution < -0.4 is 0 Å². The molecule has 0 aromatic rings. The van der Waals surface area contributed by atoms with Crippen LogP contribution in [0.3, 0.4) is 0 Å². The number of carboxylic acid groups (broad SMARTS) is 1. The van der Waals surface area contributed by atoms with Gasteiger partial charge in [0.2, 0.25) is 0 Å². The van der Waals surface area contributed by atoms with E-state index in [2.05, 4.69) is 6.92 Å². The molecule has 153 valence electrons. The van der Waals surface area contributed by atoms with Gasteiger partial charge in [0.25, 0.3) is 0 Å². The fraction of sp³-hybridized carbons (Fsp3) is 0.955. The van der Waals surface area contributed by atoms with Crippen molar-refractivity contribution in [2.45, 2.75) is 135 Å². The zero-order chi connectivity index (χ0) is 17.7. The van der Waals surface area contributed by atoms with Gasteiger partial charge in [-0.05, 0) is 6.42 Å². The second-order valence-corrected chi connectivity index (χ2v) is 7.51. The van der Waals surface area contributed by atoms with E-state index in [0.717, 1.165) is 12.8 Å². The van der Waals surface area contributed by atoms with Crippen molar-refractivity contribution in [3.63, 3.8) is 0 Å². The number of carboxylic acids is 1. The van der Waals surface area contributed by atoms with Gasteiger partial charge in [0, 0.05) is 26.5 Å². The monoisotopic (exact) mass is 533 g/mol. The van der Waals surface area contributed by atoms with Crippen LogP contribution in [0.4, 0.5) is 0 Å². The molecule has 3 heteroatoms. The van der Waals surface area contributed by atoms with Gasteiger partial charge in [-0.2, -0.15) is 0 Å². The summed E-state index contributed by atoms with van der Waals surface area (Å²) in [6.07, 6.45) is 26.1. The van der Waals surface area contributed by atoms with Crippen LogP contribution in [0.25, 0.3) is 0 Å². The van der Waals surface area contributed by atoms with Crippen molar-refractivity contribution >= 4 is 5.97 Å². The van der Waals surface area contributed by atoms with Gasteiger partial charge < -0.3 is 5.11 Å². The van der Waals surface area contributed by atoms with E-state index in [9.17, 15) is 4.79 Å². The summed E-state index contributed by atoms with van der Waals surface area (Å²) in [5.74, 6) is -0.651. The van der Waals surface area contributed by atoms with E-state index in [1.54, 1.807) is 0 Å². The van der Waals surface area contributed by atoms with Crippen molar-refractivity contribution in [2.24, 2.45) is 0 Å². The second kappa shape index (κ2) is 24.1. The molecule has 1 N–H and O–H groups in total. The van der Waals surface area contributed by atoms with Gasteiger partial charge in [-0.15, -0.1) is 0 Å². The molecule has 0 fully saturated rings. The number of aliphatic carboxylic acids is 1. The average Bonchev–Trinajstić information content (AvgIpc) is 2.56. The van der Waals surface area contributed by atoms with Crippen molar-refractivity contribution < 1.29 is 30.0 Å². The standard InChI is InChI=1S/C22H44O2.Ir/c1-2-3-4-5-6-7-8-9-10-11-12-13-14-15-16-17-18-19-20-21-22(23)24;/h2-21H2,1H3,(H,23,24);. The van der Waals surface area contributed by atoms with Crippen LogP contribution in [0, 0.1) is 0 Å². The largest absolute Gasteiger partial charge is 0.481 e. The van der Waals surface area contributed by atoms with Crippen LogP contribution >= 0.6 is 0 Å². The Bertz CT molecular complexity index is 256. The molecular weight excluding hydrogens is 488 g/mol. The smallest absolute Gasteiger partial charge is 0.303 e. The first-order valence-corrected chi connectivity index (χ1v) is 11.0. The Kier molecular flexibility index (Phi) is 26.4. The van der Waals surface area contributed by atoms with Gasteiger partial charge in [-0.25, -0.2) is 0 Å². The molecule has 0 aromatic heterocycles. The van der Waals surface area contributed by atoms with E-state index < -0.39 is 5.97 Å². The second-order valence-electron chi connectivity index (χ2n) is 7.51. The Hall–Kier alpha value is 0.119. The first kappa shape index (κ1) is 27.3. The van der Waals surface area contributed by atoms with Crippen molar-refractivity contribution in [3.8, 4) is 0 Å². The predicted molar refractivity (Wildman–Crippen MR) is 106 cm³/mol. The van der Waals surface area contributed by atoms with E-state index in [4.69, 9.17) is 5.11 Å². The number of hydrogen-bond acceptors (Lipinski definition) is 1. The van der Waals surface area contributed by atoms with Crippen molar-refractivity contribution in [3.05, 3.63) is 0 Å². The Morgan fingerprint density at radius 3 is 1.00 bits per heavy atom. The SMILES string of the molecule is CCCCCCCCCCCCCCCCCCCCCC(=O)O.[Ir]. The minimum absolute atomic E-state index is 0. The molecule has 0 aromatic carbocycles. The average molecular weight is 533 g/mol. The molecule has 2 nitrogen and oxygen atoms in total. The van der Waals surface area contributed by atoms with Crippen molar-refractivity contribution in [2.75, 3.05) is 0 Å². The van der Waals surface area contributed by atoms with Gasteiger partial charge in [-0.1, -0.05) is 122 Å². The molecule has 0 saturated heterocycles. The van der Waals surface area contributed by atoms with Crippen LogP contribution in [0.1, 0.15) is 135 Å². The molecule has 0 amide bonds. The van der Waals surface area contributed by atoms with Gasteiger partial charge in [-0.3, -0.25) is 4.79 Å². The van der Waals surface area contributed by atoms with E-state index in [1.165, 1.54) is 109 Å². The first-order valence-electron chi connectivity index (χ1n) is 11.0. The van der Waals surface area contributed by atoms with Crippen LogP contribution in [0.2, 0.25) is 0 Å². The van der Waals surface area contributed by atoms with Crippen LogP contribution in [0.5, 0.6) is 0 Å². The van der Waals surface area contributed by atoms with Crippen LogP contribution in [0.15, 0.2) is 0 Å². The molecule has 0 heterocycles. The maximum absolute atomic E-state index is 10.4. The summed E-state index contributed by atoms with van der Waals surface area (Å²) in [6, 6.07) is 0. The van der Waals surface area contributed by atoms with Gasteiger partial charge in [0.05, 0.1) is 0 Å². The summed E-state index contributed by atoms with van der Waals surface area (Å²) in [6.45, 7) is 2.28. The molecule has 0 aliphatic rings. The van der Waals surface area contributed by atoms with E-state index >= 15 is 0 Å². The van der Waals surface area contributed by atoms with Gasteiger partial charge in [0.15, 0.2) is 0 Å². The number of hydrogen-bond donors (Lipinski definition) is 1. The third-order valence-corrected chi connectivity index (χ3v) is 4.99. The molecule has 0 saturated carbocycles. The van der Waals surface area contributed by atoms with E-state index in [-0.39, 0.29) is 20.1 Å². The topological polar surface area (TPSA) is 37.3 Å². The fourth-order valence-electron chi connectivity index (χ4n) is 3.35. The molecule has 0 aliphatic heterocycles. The fourth-order valence-corrected chi connectivity index (χ4v) is 3.35.